The molecule has 1 aliphatic carbocycles. The lowest BCUT2D eigenvalue weighted by molar-refractivity contribution is -0.151. The van der Waals surface area contributed by atoms with Crippen LogP contribution in [0, 0.1) is 5.92 Å². The quantitative estimate of drug-likeness (QED) is 0.551. The van der Waals surface area contributed by atoms with Crippen LogP contribution in [0.15, 0.2) is 0 Å². The number of urea groups is 1. The van der Waals surface area contributed by atoms with Gasteiger partial charge >= 0.3 is 12.0 Å². The van der Waals surface area contributed by atoms with Gasteiger partial charge in [-0.15, -0.1) is 0 Å². The molecule has 0 radical (unpaired) electrons. The number of rotatable bonds is 4. The molecule has 8 heteroatoms. The number of hydrogen-bond acceptors (Lipinski definition) is 5. The Kier molecular flexibility index (Phi) is 4.68. The van der Waals surface area contributed by atoms with E-state index < -0.39 is 36.6 Å². The minimum Gasteiger partial charge on any atom is -0.454 e. The lowest BCUT2D eigenvalue weighted by atomic mass is 9.73. The molecule has 1 saturated heterocycles. The second-order valence-electron chi connectivity index (χ2n) is 5.77. The predicted octanol–water partition coefficient (Wildman–Crippen LogP) is -0.224. The summed E-state index contributed by atoms with van der Waals surface area (Å²) in [7, 11) is 1.42. The molecule has 2 N–H and O–H groups in total. The van der Waals surface area contributed by atoms with Crippen molar-refractivity contribution in [2.45, 2.75) is 38.1 Å². The van der Waals surface area contributed by atoms with Gasteiger partial charge in [0.1, 0.15) is 12.1 Å². The number of imide groups is 1. The molecule has 2 atom stereocenters. The highest BCUT2D eigenvalue weighted by Crippen LogP contribution is 2.38. The van der Waals surface area contributed by atoms with Gasteiger partial charge in [0.05, 0.1) is 0 Å². The number of carbonyl (C=O) groups excluding carboxylic acids is 4. The fraction of sp³-hybridized carbons (Fsp3) is 0.714. The number of nitrogens with one attached hydrogen (secondary N) is 2. The molecule has 0 aromatic rings. The van der Waals surface area contributed by atoms with Crippen molar-refractivity contribution in [1.82, 2.24) is 15.5 Å². The Morgan fingerprint density at radius 2 is 2.14 bits per heavy atom. The molecule has 0 bridgehead atoms. The third-order valence-corrected chi connectivity index (χ3v) is 4.43. The topological polar surface area (TPSA) is 105 Å². The average molecular weight is 311 g/mol. The van der Waals surface area contributed by atoms with Crippen molar-refractivity contribution in [3.63, 3.8) is 0 Å². The van der Waals surface area contributed by atoms with Gasteiger partial charge in [0.2, 0.25) is 0 Å². The van der Waals surface area contributed by atoms with Gasteiger partial charge in [-0.05, 0) is 18.8 Å². The Morgan fingerprint density at radius 3 is 2.77 bits per heavy atom. The third-order valence-electron chi connectivity index (χ3n) is 4.43. The van der Waals surface area contributed by atoms with Crippen molar-refractivity contribution in [1.29, 1.82) is 0 Å². The molecule has 2 fully saturated rings. The number of amides is 4. The summed E-state index contributed by atoms with van der Waals surface area (Å²) in [5.74, 6) is -1.58. The van der Waals surface area contributed by atoms with Crippen LogP contribution in [0.3, 0.4) is 0 Å². The van der Waals surface area contributed by atoms with E-state index in [9.17, 15) is 19.2 Å². The number of hydrogen-bond donors (Lipinski definition) is 2. The Labute approximate surface area is 128 Å². The summed E-state index contributed by atoms with van der Waals surface area (Å²) in [6.07, 6.45) is 3.34. The maximum atomic E-state index is 12.6. The highest BCUT2D eigenvalue weighted by atomic mass is 16.5. The van der Waals surface area contributed by atoms with E-state index in [0.29, 0.717) is 6.42 Å². The summed E-state index contributed by atoms with van der Waals surface area (Å²) in [6.45, 7) is 1.03. The summed E-state index contributed by atoms with van der Waals surface area (Å²) >= 11 is 0. The van der Waals surface area contributed by atoms with Gasteiger partial charge in [-0.3, -0.25) is 19.3 Å². The van der Waals surface area contributed by atoms with E-state index >= 15 is 0 Å². The average Bonchev–Trinajstić information content (AvgIpc) is 2.73. The van der Waals surface area contributed by atoms with E-state index in [-0.39, 0.29) is 11.8 Å². The van der Waals surface area contributed by atoms with Gasteiger partial charge in [0.15, 0.2) is 6.61 Å². The van der Waals surface area contributed by atoms with Crippen LogP contribution in [0.5, 0.6) is 0 Å². The molecular weight excluding hydrogens is 290 g/mol. The minimum atomic E-state index is -0.892. The molecule has 22 heavy (non-hydrogen) atoms. The van der Waals surface area contributed by atoms with Crippen LogP contribution < -0.4 is 10.6 Å². The van der Waals surface area contributed by atoms with Crippen LogP contribution in [-0.2, 0) is 19.1 Å². The standard InChI is InChI=1S/C14H21N3O5/c1-9-5-3-4-6-14(9)12(20)17(13(21)16-14)7-11(19)22-8-10(18)15-2/h9H,3-8H2,1-2H3,(H,15,18)(H,16,21)/t9-,14+/m1/s1. The van der Waals surface area contributed by atoms with Crippen LogP contribution in [0.25, 0.3) is 0 Å². The predicted molar refractivity (Wildman–Crippen MR) is 75.6 cm³/mol. The van der Waals surface area contributed by atoms with Crippen molar-refractivity contribution in [2.24, 2.45) is 5.92 Å². The zero-order valence-corrected chi connectivity index (χ0v) is 12.8. The van der Waals surface area contributed by atoms with Crippen molar-refractivity contribution < 1.29 is 23.9 Å². The third kappa shape index (κ3) is 2.90. The van der Waals surface area contributed by atoms with Gasteiger partial charge in [-0.2, -0.15) is 0 Å². The Balaban J connectivity index is 2.00. The zero-order valence-electron chi connectivity index (χ0n) is 12.8. The molecule has 122 valence electrons. The molecule has 4 amide bonds. The summed E-state index contributed by atoms with van der Waals surface area (Å²) in [6, 6.07) is -0.573. The first-order chi connectivity index (χ1) is 10.4. The summed E-state index contributed by atoms with van der Waals surface area (Å²) < 4.78 is 4.73. The number of likely N-dealkylation sites (N-methyl/N-ethyl adjacent to an activating group) is 1. The molecule has 0 aromatic carbocycles. The van der Waals surface area contributed by atoms with Crippen LogP contribution in [0.1, 0.15) is 32.6 Å². The molecule has 2 aliphatic rings. The fourth-order valence-corrected chi connectivity index (χ4v) is 3.03. The summed E-state index contributed by atoms with van der Waals surface area (Å²) in [5.41, 5.74) is -0.892. The lowest BCUT2D eigenvalue weighted by Gasteiger charge is -2.36. The maximum Gasteiger partial charge on any atom is 0.326 e. The smallest absolute Gasteiger partial charge is 0.326 e. The van der Waals surface area contributed by atoms with Gasteiger partial charge in [-0.25, -0.2) is 4.79 Å². The monoisotopic (exact) mass is 311 g/mol. The van der Waals surface area contributed by atoms with E-state index in [0.717, 1.165) is 24.2 Å². The molecule has 1 aliphatic heterocycles. The van der Waals surface area contributed by atoms with Crippen molar-refractivity contribution in [2.75, 3.05) is 20.2 Å². The Bertz CT molecular complexity index is 507. The number of esters is 1. The second kappa shape index (κ2) is 6.33. The molecule has 0 aromatic heterocycles. The first kappa shape index (κ1) is 16.3. The summed E-state index contributed by atoms with van der Waals surface area (Å²) in [4.78, 5) is 48.2. The van der Waals surface area contributed by atoms with E-state index in [1.807, 2.05) is 6.92 Å². The molecule has 8 nitrogen and oxygen atoms in total. The van der Waals surface area contributed by atoms with E-state index in [1.54, 1.807) is 0 Å². The van der Waals surface area contributed by atoms with Gasteiger partial charge < -0.3 is 15.4 Å². The highest BCUT2D eigenvalue weighted by Gasteiger charge is 2.55. The normalized spacial score (nSPS) is 27.7. The highest BCUT2D eigenvalue weighted by molar-refractivity contribution is 6.09. The van der Waals surface area contributed by atoms with Crippen LogP contribution in [0.4, 0.5) is 4.79 Å². The SMILES string of the molecule is CNC(=O)COC(=O)CN1C(=O)N[C@]2(CCCC[C@H]2C)C1=O. The van der Waals surface area contributed by atoms with E-state index in [1.165, 1.54) is 7.05 Å². The van der Waals surface area contributed by atoms with Crippen LogP contribution in [0.2, 0.25) is 0 Å². The van der Waals surface area contributed by atoms with Gasteiger partial charge in [0.25, 0.3) is 11.8 Å². The summed E-state index contributed by atoms with van der Waals surface area (Å²) in [5, 5.41) is 5.06. The second-order valence-corrected chi connectivity index (χ2v) is 5.77. The number of ether oxygens (including phenoxy) is 1. The van der Waals surface area contributed by atoms with E-state index in [2.05, 4.69) is 10.6 Å². The molecule has 1 spiro atoms. The maximum absolute atomic E-state index is 12.6. The minimum absolute atomic E-state index is 0.0320. The van der Waals surface area contributed by atoms with Gasteiger partial charge in [-0.1, -0.05) is 19.8 Å². The fourth-order valence-electron chi connectivity index (χ4n) is 3.03. The number of carbonyl (C=O) groups is 4. The molecule has 1 saturated carbocycles. The van der Waals surface area contributed by atoms with E-state index in [4.69, 9.17) is 4.74 Å². The largest absolute Gasteiger partial charge is 0.454 e. The Morgan fingerprint density at radius 1 is 1.41 bits per heavy atom. The van der Waals surface area contributed by atoms with Crippen molar-refractivity contribution in [3.05, 3.63) is 0 Å². The number of nitrogens with zero attached hydrogens (tertiary/aromatic N) is 1. The molecular formula is C14H21N3O5. The first-order valence-electron chi connectivity index (χ1n) is 7.41. The first-order valence-corrected chi connectivity index (χ1v) is 7.41. The molecule has 2 rings (SSSR count). The van der Waals surface area contributed by atoms with Crippen LogP contribution in [-0.4, -0.2) is 54.5 Å². The molecule has 1 heterocycles. The van der Waals surface area contributed by atoms with Crippen molar-refractivity contribution in [3.8, 4) is 0 Å². The lowest BCUT2D eigenvalue weighted by Crippen LogP contribution is -2.54. The Hall–Kier alpha value is -2.12. The molecule has 0 unspecified atom stereocenters. The zero-order chi connectivity index (χ0) is 16.3. The van der Waals surface area contributed by atoms with Crippen LogP contribution >= 0.6 is 0 Å². The van der Waals surface area contributed by atoms with Crippen molar-refractivity contribution >= 4 is 23.8 Å². The van der Waals surface area contributed by atoms with Gasteiger partial charge in [0, 0.05) is 7.05 Å².